The molecule has 0 bridgehead atoms. The SMILES string of the molecule is CC(c1ccccc1)n1c(CCl)nc2c(C#N)cccc21. The fourth-order valence-corrected chi connectivity index (χ4v) is 2.85. The number of hydrogen-bond acceptors (Lipinski definition) is 2. The molecule has 1 unspecified atom stereocenters. The summed E-state index contributed by atoms with van der Waals surface area (Å²) in [5.41, 5.74) is 3.43. The number of hydrogen-bond donors (Lipinski definition) is 0. The van der Waals surface area contributed by atoms with Gasteiger partial charge in [-0.15, -0.1) is 11.6 Å². The van der Waals surface area contributed by atoms with E-state index >= 15 is 0 Å². The zero-order valence-electron chi connectivity index (χ0n) is 11.6. The minimum atomic E-state index is 0.110. The number of halogens is 1. The number of benzene rings is 2. The lowest BCUT2D eigenvalue weighted by Gasteiger charge is -2.17. The van der Waals surface area contributed by atoms with Gasteiger partial charge in [0, 0.05) is 0 Å². The molecule has 2 aromatic carbocycles. The Bertz CT molecular complexity index is 815. The molecule has 0 N–H and O–H groups in total. The van der Waals surface area contributed by atoms with Crippen molar-refractivity contribution in [2.45, 2.75) is 18.8 Å². The molecule has 3 aromatic rings. The van der Waals surface area contributed by atoms with Crippen molar-refractivity contribution >= 4 is 22.6 Å². The quantitative estimate of drug-likeness (QED) is 0.678. The Hall–Kier alpha value is -2.31. The average molecular weight is 296 g/mol. The summed E-state index contributed by atoms with van der Waals surface area (Å²) in [4.78, 5) is 4.56. The molecule has 1 aromatic heterocycles. The number of nitriles is 1. The molecule has 0 spiro atoms. The normalized spacial score (nSPS) is 12.2. The lowest BCUT2D eigenvalue weighted by atomic mass is 10.1. The molecule has 1 heterocycles. The Labute approximate surface area is 128 Å². The molecule has 3 rings (SSSR count). The first kappa shape index (κ1) is 13.7. The van der Waals surface area contributed by atoms with Crippen LogP contribution >= 0.6 is 11.6 Å². The molecule has 21 heavy (non-hydrogen) atoms. The van der Waals surface area contributed by atoms with Gasteiger partial charge in [0.25, 0.3) is 0 Å². The van der Waals surface area contributed by atoms with E-state index in [1.54, 1.807) is 6.07 Å². The van der Waals surface area contributed by atoms with Crippen LogP contribution in [0.1, 0.15) is 29.9 Å². The maximum atomic E-state index is 9.23. The Morgan fingerprint density at radius 1 is 1.19 bits per heavy atom. The van der Waals surface area contributed by atoms with Crippen molar-refractivity contribution in [3.8, 4) is 6.07 Å². The van der Waals surface area contributed by atoms with Gasteiger partial charge in [0.1, 0.15) is 17.4 Å². The van der Waals surface area contributed by atoms with Crippen molar-refractivity contribution < 1.29 is 0 Å². The third kappa shape index (κ3) is 2.28. The topological polar surface area (TPSA) is 41.6 Å². The first-order chi connectivity index (χ1) is 10.3. The highest BCUT2D eigenvalue weighted by atomic mass is 35.5. The Kier molecular flexibility index (Phi) is 3.64. The van der Waals surface area contributed by atoms with Crippen molar-refractivity contribution in [3.63, 3.8) is 0 Å². The van der Waals surface area contributed by atoms with Crippen molar-refractivity contribution in [2.24, 2.45) is 0 Å². The van der Waals surface area contributed by atoms with Crippen LogP contribution in [0.25, 0.3) is 11.0 Å². The second-order valence-corrected chi connectivity index (χ2v) is 5.17. The van der Waals surface area contributed by atoms with Crippen molar-refractivity contribution in [2.75, 3.05) is 0 Å². The van der Waals surface area contributed by atoms with Gasteiger partial charge in [0.2, 0.25) is 0 Å². The molecule has 0 fully saturated rings. The molecule has 0 saturated carbocycles. The number of aromatic nitrogens is 2. The van der Waals surface area contributed by atoms with Crippen LogP contribution < -0.4 is 0 Å². The average Bonchev–Trinajstić information content (AvgIpc) is 2.93. The largest absolute Gasteiger partial charge is 0.320 e. The number of imidazole rings is 1. The number of para-hydroxylation sites is 1. The molecule has 0 radical (unpaired) electrons. The van der Waals surface area contributed by atoms with E-state index in [1.807, 2.05) is 30.3 Å². The first-order valence-electron chi connectivity index (χ1n) is 6.77. The van der Waals surface area contributed by atoms with Gasteiger partial charge in [-0.1, -0.05) is 36.4 Å². The van der Waals surface area contributed by atoms with E-state index in [1.165, 1.54) is 5.56 Å². The summed E-state index contributed by atoms with van der Waals surface area (Å²) in [6.45, 7) is 2.12. The molecular weight excluding hydrogens is 282 g/mol. The van der Waals surface area contributed by atoms with E-state index in [2.05, 4.69) is 34.7 Å². The summed E-state index contributed by atoms with van der Waals surface area (Å²) in [7, 11) is 0. The van der Waals surface area contributed by atoms with E-state index in [4.69, 9.17) is 11.6 Å². The molecule has 104 valence electrons. The standard InChI is InChI=1S/C17H14ClN3/c1-12(13-6-3-2-4-7-13)21-15-9-5-8-14(11-19)17(15)20-16(21)10-18/h2-9,12H,10H2,1H3. The van der Waals surface area contributed by atoms with Crippen LogP contribution in [0.3, 0.4) is 0 Å². The monoisotopic (exact) mass is 295 g/mol. The maximum absolute atomic E-state index is 9.23. The molecular formula is C17H14ClN3. The van der Waals surface area contributed by atoms with Crippen LogP contribution in [0.2, 0.25) is 0 Å². The van der Waals surface area contributed by atoms with E-state index in [0.717, 1.165) is 16.9 Å². The second-order valence-electron chi connectivity index (χ2n) is 4.90. The summed E-state index contributed by atoms with van der Waals surface area (Å²) in [5.74, 6) is 1.10. The smallest absolute Gasteiger partial charge is 0.125 e. The Morgan fingerprint density at radius 2 is 1.95 bits per heavy atom. The minimum absolute atomic E-state index is 0.110. The maximum Gasteiger partial charge on any atom is 0.125 e. The molecule has 4 heteroatoms. The lowest BCUT2D eigenvalue weighted by Crippen LogP contribution is -2.09. The highest BCUT2D eigenvalue weighted by Crippen LogP contribution is 2.28. The molecule has 0 saturated heterocycles. The van der Waals surface area contributed by atoms with Crippen LogP contribution in [0.5, 0.6) is 0 Å². The third-order valence-electron chi connectivity index (χ3n) is 3.70. The number of nitrogens with zero attached hydrogens (tertiary/aromatic N) is 3. The van der Waals surface area contributed by atoms with Crippen molar-refractivity contribution in [1.29, 1.82) is 5.26 Å². The van der Waals surface area contributed by atoms with Crippen LogP contribution in [0.4, 0.5) is 0 Å². The van der Waals surface area contributed by atoms with Crippen molar-refractivity contribution in [3.05, 3.63) is 65.5 Å². The van der Waals surface area contributed by atoms with Crippen molar-refractivity contribution in [1.82, 2.24) is 9.55 Å². The van der Waals surface area contributed by atoms with Gasteiger partial charge in [-0.3, -0.25) is 0 Å². The first-order valence-corrected chi connectivity index (χ1v) is 7.30. The van der Waals surface area contributed by atoms with Gasteiger partial charge < -0.3 is 4.57 Å². The van der Waals surface area contributed by atoms with Crippen LogP contribution in [0.15, 0.2) is 48.5 Å². The van der Waals surface area contributed by atoms with E-state index < -0.39 is 0 Å². The van der Waals surface area contributed by atoms with Gasteiger partial charge in [-0.25, -0.2) is 4.98 Å². The van der Waals surface area contributed by atoms with Crippen LogP contribution in [-0.4, -0.2) is 9.55 Å². The second kappa shape index (κ2) is 5.59. The zero-order chi connectivity index (χ0) is 14.8. The predicted molar refractivity (Wildman–Crippen MR) is 84.3 cm³/mol. The van der Waals surface area contributed by atoms with Gasteiger partial charge in [0.15, 0.2) is 0 Å². The number of fused-ring (bicyclic) bond motifs is 1. The minimum Gasteiger partial charge on any atom is -0.320 e. The van der Waals surface area contributed by atoms with E-state index in [9.17, 15) is 5.26 Å². The highest BCUT2D eigenvalue weighted by molar-refractivity contribution is 6.16. The molecule has 3 nitrogen and oxygen atoms in total. The zero-order valence-corrected chi connectivity index (χ0v) is 12.4. The Morgan fingerprint density at radius 3 is 2.62 bits per heavy atom. The summed E-state index contributed by atoms with van der Waals surface area (Å²) in [5, 5.41) is 9.23. The summed E-state index contributed by atoms with van der Waals surface area (Å²) >= 11 is 6.06. The van der Waals surface area contributed by atoms with Gasteiger partial charge in [-0.2, -0.15) is 5.26 Å². The van der Waals surface area contributed by atoms with Crippen LogP contribution in [-0.2, 0) is 5.88 Å². The number of alkyl halides is 1. The fraction of sp³-hybridized carbons (Fsp3) is 0.176. The lowest BCUT2D eigenvalue weighted by molar-refractivity contribution is 0.634. The number of rotatable bonds is 3. The summed E-state index contributed by atoms with van der Waals surface area (Å²) in [6, 6.07) is 18.2. The Balaban J connectivity index is 2.25. The van der Waals surface area contributed by atoms with Crippen LogP contribution in [0, 0.1) is 11.3 Å². The summed E-state index contributed by atoms with van der Waals surface area (Å²) in [6.07, 6.45) is 0. The molecule has 0 aliphatic carbocycles. The predicted octanol–water partition coefficient (Wildman–Crippen LogP) is 4.26. The molecule has 0 amide bonds. The van der Waals surface area contributed by atoms with Gasteiger partial charge in [0.05, 0.1) is 23.0 Å². The third-order valence-corrected chi connectivity index (χ3v) is 3.94. The summed E-state index contributed by atoms with van der Waals surface area (Å²) < 4.78 is 2.11. The fourth-order valence-electron chi connectivity index (χ4n) is 2.66. The van der Waals surface area contributed by atoms with Gasteiger partial charge in [-0.05, 0) is 24.6 Å². The van der Waals surface area contributed by atoms with Gasteiger partial charge >= 0.3 is 0 Å². The molecule has 0 aliphatic heterocycles. The van der Waals surface area contributed by atoms with E-state index in [-0.39, 0.29) is 6.04 Å². The van der Waals surface area contributed by atoms with E-state index in [0.29, 0.717) is 11.4 Å². The molecule has 1 atom stereocenters. The highest BCUT2D eigenvalue weighted by Gasteiger charge is 2.18. The molecule has 0 aliphatic rings.